The maximum Gasteiger partial charge on any atom is 0.157 e. The van der Waals surface area contributed by atoms with E-state index >= 15 is 0 Å². The Morgan fingerprint density at radius 1 is 1.29 bits per heavy atom. The SMILES string of the molecule is CC1CSC(=NC2CCCCC2C)N1. The van der Waals surface area contributed by atoms with Crippen LogP contribution in [0.4, 0.5) is 0 Å². The number of amidine groups is 1. The third-order valence-corrected chi connectivity index (χ3v) is 4.35. The van der Waals surface area contributed by atoms with Crippen LogP contribution in [0.5, 0.6) is 0 Å². The molecule has 1 aliphatic heterocycles. The first-order valence-corrected chi connectivity index (χ1v) is 6.71. The highest BCUT2D eigenvalue weighted by atomic mass is 32.2. The second-order valence-corrected chi connectivity index (χ2v) is 5.63. The minimum absolute atomic E-state index is 0.587. The van der Waals surface area contributed by atoms with Crippen molar-refractivity contribution in [3.63, 3.8) is 0 Å². The molecule has 2 fully saturated rings. The summed E-state index contributed by atoms with van der Waals surface area (Å²) in [5.41, 5.74) is 0. The quantitative estimate of drug-likeness (QED) is 0.722. The van der Waals surface area contributed by atoms with Crippen molar-refractivity contribution in [2.24, 2.45) is 10.9 Å². The second-order valence-electron chi connectivity index (χ2n) is 4.62. The third kappa shape index (κ3) is 2.44. The minimum Gasteiger partial charge on any atom is -0.362 e. The van der Waals surface area contributed by atoms with E-state index in [2.05, 4.69) is 19.2 Å². The van der Waals surface area contributed by atoms with Crippen molar-refractivity contribution in [1.82, 2.24) is 5.32 Å². The van der Waals surface area contributed by atoms with E-state index < -0.39 is 0 Å². The van der Waals surface area contributed by atoms with Crippen LogP contribution in [0.1, 0.15) is 39.5 Å². The molecule has 0 aromatic heterocycles. The predicted octanol–water partition coefficient (Wildman–Crippen LogP) is 2.65. The average molecular weight is 212 g/mol. The Bertz CT molecular complexity index is 227. The Labute approximate surface area is 90.9 Å². The number of thioether (sulfide) groups is 1. The zero-order valence-electron chi connectivity index (χ0n) is 9.12. The summed E-state index contributed by atoms with van der Waals surface area (Å²) in [7, 11) is 0. The van der Waals surface area contributed by atoms with Crippen LogP contribution in [0.25, 0.3) is 0 Å². The van der Waals surface area contributed by atoms with E-state index in [0.717, 1.165) is 5.92 Å². The van der Waals surface area contributed by atoms with Crippen LogP contribution in [0.15, 0.2) is 4.99 Å². The molecule has 0 spiro atoms. The summed E-state index contributed by atoms with van der Waals surface area (Å²) in [6.45, 7) is 4.57. The van der Waals surface area contributed by atoms with Crippen molar-refractivity contribution < 1.29 is 0 Å². The molecule has 2 nitrogen and oxygen atoms in total. The van der Waals surface area contributed by atoms with Gasteiger partial charge < -0.3 is 5.32 Å². The molecule has 2 rings (SSSR count). The number of hydrogen-bond donors (Lipinski definition) is 1. The molecule has 1 saturated heterocycles. The molecule has 1 heterocycles. The lowest BCUT2D eigenvalue weighted by molar-refractivity contribution is 0.333. The van der Waals surface area contributed by atoms with Gasteiger partial charge >= 0.3 is 0 Å². The summed E-state index contributed by atoms with van der Waals surface area (Å²) in [6.07, 6.45) is 5.43. The Kier molecular flexibility index (Phi) is 3.37. The molecular formula is C11H20N2S. The summed E-state index contributed by atoms with van der Waals surface area (Å²) in [6, 6.07) is 1.20. The van der Waals surface area contributed by atoms with Gasteiger partial charge in [0.05, 0.1) is 6.04 Å². The largest absolute Gasteiger partial charge is 0.362 e. The average Bonchev–Trinajstić information content (AvgIpc) is 2.56. The number of nitrogens with one attached hydrogen (secondary N) is 1. The minimum atomic E-state index is 0.587. The van der Waals surface area contributed by atoms with Crippen molar-refractivity contribution in [3.8, 4) is 0 Å². The summed E-state index contributed by atoms with van der Waals surface area (Å²) >= 11 is 1.89. The Morgan fingerprint density at radius 2 is 2.07 bits per heavy atom. The predicted molar refractivity (Wildman–Crippen MR) is 63.9 cm³/mol. The standard InChI is InChI=1S/C11H20N2S/c1-8-5-3-4-6-10(8)13-11-12-9(2)7-14-11/h8-10H,3-7H2,1-2H3,(H,12,13). The fraction of sp³-hybridized carbons (Fsp3) is 0.909. The number of nitrogens with zero attached hydrogens (tertiary/aromatic N) is 1. The van der Waals surface area contributed by atoms with E-state index in [1.54, 1.807) is 0 Å². The fourth-order valence-corrected chi connectivity index (χ4v) is 3.20. The molecule has 0 radical (unpaired) electrons. The highest BCUT2D eigenvalue weighted by Gasteiger charge is 2.23. The first-order chi connectivity index (χ1) is 6.75. The normalized spacial score (nSPS) is 41.3. The molecule has 0 bridgehead atoms. The molecule has 80 valence electrons. The second kappa shape index (κ2) is 4.56. The van der Waals surface area contributed by atoms with Crippen LogP contribution in [0, 0.1) is 5.92 Å². The number of rotatable bonds is 1. The van der Waals surface area contributed by atoms with Gasteiger partial charge in [0.1, 0.15) is 0 Å². The molecule has 0 amide bonds. The lowest BCUT2D eigenvalue weighted by atomic mass is 9.86. The van der Waals surface area contributed by atoms with Crippen molar-refractivity contribution in [3.05, 3.63) is 0 Å². The lowest BCUT2D eigenvalue weighted by Gasteiger charge is -2.25. The summed E-state index contributed by atoms with van der Waals surface area (Å²) in [5.74, 6) is 1.97. The van der Waals surface area contributed by atoms with Gasteiger partial charge in [0, 0.05) is 11.8 Å². The van der Waals surface area contributed by atoms with Gasteiger partial charge in [-0.15, -0.1) is 0 Å². The van der Waals surface area contributed by atoms with E-state index in [4.69, 9.17) is 4.99 Å². The summed E-state index contributed by atoms with van der Waals surface area (Å²) < 4.78 is 0. The van der Waals surface area contributed by atoms with Gasteiger partial charge in [-0.25, -0.2) is 0 Å². The van der Waals surface area contributed by atoms with Gasteiger partial charge in [-0.2, -0.15) is 0 Å². The zero-order valence-corrected chi connectivity index (χ0v) is 9.94. The van der Waals surface area contributed by atoms with E-state index in [0.29, 0.717) is 12.1 Å². The zero-order chi connectivity index (χ0) is 9.97. The molecule has 3 unspecified atom stereocenters. The first kappa shape index (κ1) is 10.3. The van der Waals surface area contributed by atoms with E-state index in [1.807, 2.05) is 11.8 Å². The Morgan fingerprint density at radius 3 is 2.71 bits per heavy atom. The summed E-state index contributed by atoms with van der Waals surface area (Å²) in [5, 5.41) is 4.63. The molecule has 1 N–H and O–H groups in total. The van der Waals surface area contributed by atoms with E-state index in [1.165, 1.54) is 36.6 Å². The van der Waals surface area contributed by atoms with Crippen LogP contribution >= 0.6 is 11.8 Å². The maximum atomic E-state index is 4.83. The molecule has 1 saturated carbocycles. The third-order valence-electron chi connectivity index (χ3n) is 3.19. The molecule has 3 atom stereocenters. The molecule has 3 heteroatoms. The van der Waals surface area contributed by atoms with Crippen LogP contribution in [0.3, 0.4) is 0 Å². The molecule has 2 aliphatic rings. The topological polar surface area (TPSA) is 24.4 Å². The van der Waals surface area contributed by atoms with Gasteiger partial charge in [0.25, 0.3) is 0 Å². The smallest absolute Gasteiger partial charge is 0.157 e. The number of hydrogen-bond acceptors (Lipinski definition) is 2. The molecule has 0 aromatic carbocycles. The highest BCUT2D eigenvalue weighted by molar-refractivity contribution is 8.14. The van der Waals surface area contributed by atoms with Crippen LogP contribution < -0.4 is 5.32 Å². The molecule has 14 heavy (non-hydrogen) atoms. The van der Waals surface area contributed by atoms with Crippen LogP contribution in [-0.4, -0.2) is 23.0 Å². The Balaban J connectivity index is 1.94. The fourth-order valence-electron chi connectivity index (χ4n) is 2.21. The highest BCUT2D eigenvalue weighted by Crippen LogP contribution is 2.27. The van der Waals surface area contributed by atoms with Crippen molar-refractivity contribution in [2.75, 3.05) is 5.75 Å². The van der Waals surface area contributed by atoms with E-state index in [9.17, 15) is 0 Å². The van der Waals surface area contributed by atoms with Gasteiger partial charge in [0.15, 0.2) is 5.17 Å². The van der Waals surface area contributed by atoms with Gasteiger partial charge in [-0.1, -0.05) is 31.5 Å². The van der Waals surface area contributed by atoms with Crippen molar-refractivity contribution >= 4 is 16.9 Å². The number of aliphatic imine (C=N–C) groups is 1. The summed E-state index contributed by atoms with van der Waals surface area (Å²) in [4.78, 5) is 4.83. The van der Waals surface area contributed by atoms with Crippen molar-refractivity contribution in [2.45, 2.75) is 51.6 Å². The lowest BCUT2D eigenvalue weighted by Crippen LogP contribution is -2.27. The van der Waals surface area contributed by atoms with Crippen molar-refractivity contribution in [1.29, 1.82) is 0 Å². The molecule has 1 aliphatic carbocycles. The maximum absolute atomic E-state index is 4.83. The van der Waals surface area contributed by atoms with Crippen LogP contribution in [-0.2, 0) is 0 Å². The van der Waals surface area contributed by atoms with E-state index in [-0.39, 0.29) is 0 Å². The molecular weight excluding hydrogens is 192 g/mol. The Hall–Kier alpha value is -0.180. The van der Waals surface area contributed by atoms with Gasteiger partial charge in [-0.05, 0) is 25.7 Å². The van der Waals surface area contributed by atoms with Gasteiger partial charge in [0.2, 0.25) is 0 Å². The first-order valence-electron chi connectivity index (χ1n) is 5.73. The van der Waals surface area contributed by atoms with Gasteiger partial charge in [-0.3, -0.25) is 4.99 Å². The molecule has 0 aromatic rings. The van der Waals surface area contributed by atoms with Crippen LogP contribution in [0.2, 0.25) is 0 Å². The monoisotopic (exact) mass is 212 g/mol.